The molecule has 0 saturated carbocycles. The van der Waals surface area contributed by atoms with Gasteiger partial charge in [0.1, 0.15) is 0 Å². The van der Waals surface area contributed by atoms with Crippen LogP contribution in [0.5, 0.6) is 0 Å². The van der Waals surface area contributed by atoms with Crippen molar-refractivity contribution < 1.29 is 0 Å². The molecule has 0 unspecified atom stereocenters. The molecule has 0 atom stereocenters. The van der Waals surface area contributed by atoms with Gasteiger partial charge in [0.05, 0.1) is 21.0 Å². The Bertz CT molecular complexity index is 369. The van der Waals surface area contributed by atoms with Crippen LogP contribution >= 0.6 is 43.2 Å². The van der Waals surface area contributed by atoms with E-state index in [0.29, 0.717) is 0 Å². The summed E-state index contributed by atoms with van der Waals surface area (Å²) < 4.78 is 4.08. The molecule has 0 saturated heterocycles. The van der Waals surface area contributed by atoms with Crippen molar-refractivity contribution in [3.05, 3.63) is 37.7 Å². The molecule has 0 radical (unpaired) electrons. The van der Waals surface area contributed by atoms with E-state index in [-0.39, 0.29) is 0 Å². The summed E-state index contributed by atoms with van der Waals surface area (Å²) in [5.41, 5.74) is 1.27. The van der Waals surface area contributed by atoms with Crippen LogP contribution in [0.1, 0.15) is 5.56 Å². The quantitative estimate of drug-likeness (QED) is 0.827. The summed E-state index contributed by atoms with van der Waals surface area (Å²) in [6, 6.07) is 2.11. The van der Waals surface area contributed by atoms with E-state index >= 15 is 0 Å². The second-order valence-electron chi connectivity index (χ2n) is 2.62. The van der Waals surface area contributed by atoms with Crippen LogP contribution in [0.4, 0.5) is 0 Å². The highest BCUT2D eigenvalue weighted by atomic mass is 79.9. The first-order chi connectivity index (χ1) is 6.24. The van der Waals surface area contributed by atoms with Crippen molar-refractivity contribution in [2.45, 2.75) is 6.54 Å². The van der Waals surface area contributed by atoms with Gasteiger partial charge in [-0.1, -0.05) is 0 Å². The Labute approximate surface area is 96.8 Å². The van der Waals surface area contributed by atoms with Crippen LogP contribution in [0.2, 0.25) is 0 Å². The molecule has 0 spiro atoms. The van der Waals surface area contributed by atoms with E-state index in [9.17, 15) is 0 Å². The van der Waals surface area contributed by atoms with Gasteiger partial charge in [-0.25, -0.2) is 0 Å². The first-order valence-electron chi connectivity index (χ1n) is 3.65. The van der Waals surface area contributed by atoms with E-state index < -0.39 is 0 Å². The zero-order valence-corrected chi connectivity index (χ0v) is 10.6. The van der Waals surface area contributed by atoms with Gasteiger partial charge in [-0.3, -0.25) is 4.68 Å². The van der Waals surface area contributed by atoms with E-state index in [1.54, 1.807) is 17.5 Å². The summed E-state index contributed by atoms with van der Waals surface area (Å²) in [5.74, 6) is 0. The van der Waals surface area contributed by atoms with E-state index in [4.69, 9.17) is 0 Å². The Morgan fingerprint density at radius 3 is 2.85 bits per heavy atom. The molecule has 0 fully saturated rings. The molecule has 0 aliphatic rings. The van der Waals surface area contributed by atoms with Gasteiger partial charge in [-0.05, 0) is 48.9 Å². The fourth-order valence-electron chi connectivity index (χ4n) is 1.04. The molecular weight excluding hydrogens is 316 g/mol. The SMILES string of the molecule is Brc1cnn(Cc2csc(Br)c2)c1. The van der Waals surface area contributed by atoms with Crippen LogP contribution in [0, 0.1) is 0 Å². The third-order valence-electron chi connectivity index (χ3n) is 1.57. The summed E-state index contributed by atoms with van der Waals surface area (Å²) >= 11 is 8.49. The lowest BCUT2D eigenvalue weighted by atomic mass is 10.3. The van der Waals surface area contributed by atoms with E-state index in [1.807, 2.05) is 10.9 Å². The molecule has 0 N–H and O–H groups in total. The Kier molecular flexibility index (Phi) is 2.86. The summed E-state index contributed by atoms with van der Waals surface area (Å²) in [6.07, 6.45) is 3.76. The average Bonchev–Trinajstić information content (AvgIpc) is 2.62. The molecule has 2 heterocycles. The third kappa shape index (κ3) is 2.42. The standard InChI is InChI=1S/C8H6Br2N2S/c9-7-2-11-12(4-7)3-6-1-8(10)13-5-6/h1-2,4-5H,3H2. The molecule has 5 heteroatoms. The van der Waals surface area contributed by atoms with Crippen molar-refractivity contribution in [2.24, 2.45) is 0 Å². The van der Waals surface area contributed by atoms with Crippen molar-refractivity contribution in [3.63, 3.8) is 0 Å². The fourth-order valence-corrected chi connectivity index (χ4v) is 2.57. The second-order valence-corrected chi connectivity index (χ2v) is 5.82. The van der Waals surface area contributed by atoms with Crippen LogP contribution in [-0.4, -0.2) is 9.78 Å². The average molecular weight is 322 g/mol. The minimum absolute atomic E-state index is 0.827. The molecule has 2 aromatic heterocycles. The second kappa shape index (κ2) is 3.94. The van der Waals surface area contributed by atoms with Gasteiger partial charge < -0.3 is 0 Å². The maximum Gasteiger partial charge on any atom is 0.0701 e. The van der Waals surface area contributed by atoms with Crippen LogP contribution in [0.3, 0.4) is 0 Å². The van der Waals surface area contributed by atoms with Gasteiger partial charge in [0, 0.05) is 6.20 Å². The number of hydrogen-bond acceptors (Lipinski definition) is 2. The summed E-state index contributed by atoms with van der Waals surface area (Å²) in [7, 11) is 0. The minimum Gasteiger partial charge on any atom is -0.267 e. The van der Waals surface area contributed by atoms with Crippen LogP contribution < -0.4 is 0 Å². The molecular formula is C8H6Br2N2S. The predicted molar refractivity (Wildman–Crippen MR) is 61.0 cm³/mol. The number of halogens is 2. The highest BCUT2D eigenvalue weighted by Gasteiger charge is 1.99. The molecule has 0 aliphatic heterocycles. The monoisotopic (exact) mass is 320 g/mol. The van der Waals surface area contributed by atoms with Crippen molar-refractivity contribution >= 4 is 43.2 Å². The fraction of sp³-hybridized carbons (Fsp3) is 0.125. The number of nitrogens with zero attached hydrogens (tertiary/aromatic N) is 2. The summed E-state index contributed by atoms with van der Waals surface area (Å²) in [4.78, 5) is 0. The molecule has 0 amide bonds. The van der Waals surface area contributed by atoms with E-state index in [0.717, 1.165) is 14.8 Å². The van der Waals surface area contributed by atoms with Crippen molar-refractivity contribution in [3.8, 4) is 0 Å². The molecule has 2 nitrogen and oxygen atoms in total. The predicted octanol–water partition coefficient (Wildman–Crippen LogP) is 3.52. The van der Waals surface area contributed by atoms with E-state index in [2.05, 4.69) is 48.4 Å². The lowest BCUT2D eigenvalue weighted by Crippen LogP contribution is -1.97. The zero-order chi connectivity index (χ0) is 9.26. The Balaban J connectivity index is 2.14. The first-order valence-corrected chi connectivity index (χ1v) is 6.11. The third-order valence-corrected chi connectivity index (χ3v) is 3.53. The topological polar surface area (TPSA) is 17.8 Å². The molecule has 0 aliphatic carbocycles. The summed E-state index contributed by atoms with van der Waals surface area (Å²) in [6.45, 7) is 0.827. The lowest BCUT2D eigenvalue weighted by molar-refractivity contribution is 0.688. The molecule has 13 heavy (non-hydrogen) atoms. The molecule has 0 aromatic carbocycles. The number of rotatable bonds is 2. The zero-order valence-electron chi connectivity index (χ0n) is 6.58. The van der Waals surface area contributed by atoms with Gasteiger partial charge in [0.15, 0.2) is 0 Å². The van der Waals surface area contributed by atoms with Crippen LogP contribution in [-0.2, 0) is 6.54 Å². The number of hydrogen-bond donors (Lipinski definition) is 0. The van der Waals surface area contributed by atoms with Crippen molar-refractivity contribution in [1.29, 1.82) is 0 Å². The molecule has 2 rings (SSSR count). The van der Waals surface area contributed by atoms with E-state index in [1.165, 1.54) is 5.56 Å². The maximum absolute atomic E-state index is 4.18. The van der Waals surface area contributed by atoms with Crippen molar-refractivity contribution in [2.75, 3.05) is 0 Å². The number of thiophene rings is 1. The molecule has 68 valence electrons. The van der Waals surface area contributed by atoms with Gasteiger partial charge in [-0.15, -0.1) is 11.3 Å². The summed E-state index contributed by atoms with van der Waals surface area (Å²) in [5, 5.41) is 6.30. The minimum atomic E-state index is 0.827. The Morgan fingerprint density at radius 1 is 1.46 bits per heavy atom. The smallest absolute Gasteiger partial charge is 0.0701 e. The van der Waals surface area contributed by atoms with Gasteiger partial charge in [0.2, 0.25) is 0 Å². The maximum atomic E-state index is 4.18. The van der Waals surface area contributed by atoms with Gasteiger partial charge in [0.25, 0.3) is 0 Å². The Morgan fingerprint density at radius 2 is 2.31 bits per heavy atom. The lowest BCUT2D eigenvalue weighted by Gasteiger charge is -1.96. The molecule has 2 aromatic rings. The highest BCUT2D eigenvalue weighted by Crippen LogP contribution is 2.21. The van der Waals surface area contributed by atoms with Crippen molar-refractivity contribution in [1.82, 2.24) is 9.78 Å². The number of aromatic nitrogens is 2. The normalized spacial score (nSPS) is 10.6. The molecule has 0 bridgehead atoms. The Hall–Kier alpha value is -0.130. The largest absolute Gasteiger partial charge is 0.267 e. The van der Waals surface area contributed by atoms with Crippen LogP contribution in [0.25, 0.3) is 0 Å². The van der Waals surface area contributed by atoms with Gasteiger partial charge in [-0.2, -0.15) is 5.10 Å². The first kappa shape index (κ1) is 9.43. The van der Waals surface area contributed by atoms with Gasteiger partial charge >= 0.3 is 0 Å². The van der Waals surface area contributed by atoms with Crippen LogP contribution in [0.15, 0.2) is 32.1 Å². The highest BCUT2D eigenvalue weighted by molar-refractivity contribution is 9.11.